The third kappa shape index (κ3) is 3.53. The van der Waals surface area contributed by atoms with Crippen LogP contribution in [0.25, 0.3) is 0 Å². The molecule has 0 spiro atoms. The summed E-state index contributed by atoms with van der Waals surface area (Å²) in [6.45, 7) is 3.09. The zero-order valence-corrected chi connectivity index (χ0v) is 11.0. The van der Waals surface area contributed by atoms with Gasteiger partial charge in [0.2, 0.25) is 0 Å². The maximum atomic E-state index is 5.53. The lowest BCUT2D eigenvalue weighted by Gasteiger charge is -2.12. The Morgan fingerprint density at radius 2 is 1.84 bits per heavy atom. The Bertz CT molecular complexity index is 584. The molecule has 0 aliphatic carbocycles. The van der Waals surface area contributed by atoms with Gasteiger partial charge < -0.3 is 10.1 Å². The summed E-state index contributed by atoms with van der Waals surface area (Å²) in [4.78, 5) is 0. The molecule has 0 amide bonds. The van der Waals surface area contributed by atoms with Gasteiger partial charge in [0, 0.05) is 17.8 Å². The van der Waals surface area contributed by atoms with E-state index in [1.165, 1.54) is 5.56 Å². The number of anilines is 1. The van der Waals surface area contributed by atoms with Crippen LogP contribution in [-0.4, -0.2) is 6.61 Å². The largest absolute Gasteiger partial charge is 0.481 e. The van der Waals surface area contributed by atoms with Crippen LogP contribution < -0.4 is 10.1 Å². The number of terminal acetylenes is 1. The van der Waals surface area contributed by atoms with Crippen LogP contribution in [0.15, 0.2) is 48.5 Å². The van der Waals surface area contributed by atoms with Crippen molar-refractivity contribution in [3.63, 3.8) is 0 Å². The van der Waals surface area contributed by atoms with E-state index < -0.39 is 0 Å². The highest BCUT2D eigenvalue weighted by molar-refractivity contribution is 5.51. The molecule has 0 aliphatic heterocycles. The van der Waals surface area contributed by atoms with Gasteiger partial charge in [-0.3, -0.25) is 0 Å². The molecule has 2 heteroatoms. The first-order valence-electron chi connectivity index (χ1n) is 6.25. The average molecular weight is 251 g/mol. The molecule has 0 radical (unpaired) electrons. The second kappa shape index (κ2) is 6.51. The number of aryl methyl sites for hydroxylation is 1. The van der Waals surface area contributed by atoms with Crippen LogP contribution in [-0.2, 0) is 6.54 Å². The summed E-state index contributed by atoms with van der Waals surface area (Å²) in [5, 5.41) is 3.41. The number of benzene rings is 2. The molecule has 0 fully saturated rings. The Kier molecular flexibility index (Phi) is 4.47. The highest BCUT2D eigenvalue weighted by atomic mass is 16.5. The average Bonchev–Trinajstić information content (AvgIpc) is 2.45. The van der Waals surface area contributed by atoms with E-state index in [1.54, 1.807) is 0 Å². The van der Waals surface area contributed by atoms with Crippen molar-refractivity contribution in [2.45, 2.75) is 13.5 Å². The Morgan fingerprint density at radius 3 is 2.63 bits per heavy atom. The molecule has 0 saturated carbocycles. The van der Waals surface area contributed by atoms with Crippen molar-refractivity contribution in [2.24, 2.45) is 0 Å². The van der Waals surface area contributed by atoms with E-state index >= 15 is 0 Å². The van der Waals surface area contributed by atoms with Crippen molar-refractivity contribution in [1.29, 1.82) is 0 Å². The highest BCUT2D eigenvalue weighted by Gasteiger charge is 2.03. The molecule has 0 saturated heterocycles. The van der Waals surface area contributed by atoms with E-state index in [-0.39, 0.29) is 0 Å². The summed E-state index contributed by atoms with van der Waals surface area (Å²) in [5.41, 5.74) is 3.46. The predicted octanol–water partition coefficient (Wildman–Crippen LogP) is 3.62. The number of hydrogen-bond acceptors (Lipinski definition) is 2. The molecule has 0 aliphatic rings. The van der Waals surface area contributed by atoms with Gasteiger partial charge in [-0.25, -0.2) is 0 Å². The molecule has 2 aromatic rings. The van der Waals surface area contributed by atoms with Gasteiger partial charge in [0.1, 0.15) is 12.4 Å². The van der Waals surface area contributed by atoms with Gasteiger partial charge in [-0.1, -0.05) is 42.3 Å². The monoisotopic (exact) mass is 251 g/mol. The molecule has 2 rings (SSSR count). The van der Waals surface area contributed by atoms with Crippen molar-refractivity contribution in [3.8, 4) is 18.1 Å². The third-order valence-electron chi connectivity index (χ3n) is 2.90. The van der Waals surface area contributed by atoms with Gasteiger partial charge in [-0.15, -0.1) is 6.42 Å². The fourth-order valence-electron chi connectivity index (χ4n) is 1.87. The zero-order valence-electron chi connectivity index (χ0n) is 11.0. The summed E-state index contributed by atoms with van der Waals surface area (Å²) in [7, 11) is 0. The normalized spacial score (nSPS) is 9.68. The minimum Gasteiger partial charge on any atom is -0.481 e. The standard InChI is InChI=1S/C17H17NO/c1-3-12-19-17-11-7-5-9-15(17)13-18-16-10-6-4-8-14(16)2/h1,4-11,18H,12-13H2,2H3. The van der Waals surface area contributed by atoms with Crippen LogP contribution in [0.3, 0.4) is 0 Å². The third-order valence-corrected chi connectivity index (χ3v) is 2.90. The molecule has 2 aromatic carbocycles. The number of ether oxygens (including phenoxy) is 1. The van der Waals surface area contributed by atoms with E-state index in [4.69, 9.17) is 11.2 Å². The van der Waals surface area contributed by atoms with Crippen molar-refractivity contribution >= 4 is 5.69 Å². The van der Waals surface area contributed by atoms with Gasteiger partial charge in [-0.2, -0.15) is 0 Å². The quantitative estimate of drug-likeness (QED) is 0.819. The van der Waals surface area contributed by atoms with Crippen molar-refractivity contribution in [3.05, 3.63) is 59.7 Å². The molecule has 2 nitrogen and oxygen atoms in total. The van der Waals surface area contributed by atoms with Gasteiger partial charge in [0.25, 0.3) is 0 Å². The first-order chi connectivity index (χ1) is 9.31. The van der Waals surface area contributed by atoms with E-state index in [9.17, 15) is 0 Å². The van der Waals surface area contributed by atoms with Gasteiger partial charge in [-0.05, 0) is 24.6 Å². The summed E-state index contributed by atoms with van der Waals surface area (Å²) >= 11 is 0. The van der Waals surface area contributed by atoms with Crippen LogP contribution in [0.4, 0.5) is 5.69 Å². The molecule has 1 N–H and O–H groups in total. The smallest absolute Gasteiger partial charge is 0.148 e. The molecule has 0 aromatic heterocycles. The van der Waals surface area contributed by atoms with Crippen molar-refractivity contribution in [2.75, 3.05) is 11.9 Å². The SMILES string of the molecule is C#CCOc1ccccc1CNc1ccccc1C. The van der Waals surface area contributed by atoms with Crippen LogP contribution in [0.5, 0.6) is 5.75 Å². The summed E-state index contributed by atoms with van der Waals surface area (Å²) in [5.74, 6) is 3.32. The van der Waals surface area contributed by atoms with Gasteiger partial charge in [0.05, 0.1) is 0 Å². The fourth-order valence-corrected chi connectivity index (χ4v) is 1.87. The lowest BCUT2D eigenvalue weighted by molar-refractivity contribution is 0.366. The highest BCUT2D eigenvalue weighted by Crippen LogP contribution is 2.20. The van der Waals surface area contributed by atoms with Crippen LogP contribution in [0.2, 0.25) is 0 Å². The number of rotatable bonds is 5. The molecule has 0 unspecified atom stereocenters. The number of hydrogen-bond donors (Lipinski definition) is 1. The fraction of sp³-hybridized carbons (Fsp3) is 0.176. The Balaban J connectivity index is 2.07. The minimum absolute atomic E-state index is 0.293. The Morgan fingerprint density at radius 1 is 1.11 bits per heavy atom. The summed E-state index contributed by atoms with van der Waals surface area (Å²) in [6.07, 6.45) is 5.22. The predicted molar refractivity (Wildman–Crippen MR) is 79.3 cm³/mol. The van der Waals surface area contributed by atoms with Crippen LogP contribution in [0, 0.1) is 19.3 Å². The lowest BCUT2D eigenvalue weighted by atomic mass is 10.1. The summed E-state index contributed by atoms with van der Waals surface area (Å²) < 4.78 is 5.53. The van der Waals surface area contributed by atoms with Crippen molar-refractivity contribution in [1.82, 2.24) is 0 Å². The maximum Gasteiger partial charge on any atom is 0.148 e. The van der Waals surface area contributed by atoms with E-state index in [2.05, 4.69) is 30.3 Å². The number of nitrogens with one attached hydrogen (secondary N) is 1. The van der Waals surface area contributed by atoms with Gasteiger partial charge in [0.15, 0.2) is 0 Å². The minimum atomic E-state index is 0.293. The Labute approximate surface area is 114 Å². The van der Waals surface area contributed by atoms with E-state index in [1.807, 2.05) is 36.4 Å². The molecule has 0 heterocycles. The summed E-state index contributed by atoms with van der Waals surface area (Å²) in [6, 6.07) is 16.1. The second-order valence-corrected chi connectivity index (χ2v) is 4.27. The number of para-hydroxylation sites is 2. The first-order valence-corrected chi connectivity index (χ1v) is 6.25. The topological polar surface area (TPSA) is 21.3 Å². The second-order valence-electron chi connectivity index (χ2n) is 4.27. The van der Waals surface area contributed by atoms with E-state index in [0.29, 0.717) is 13.2 Å². The first kappa shape index (κ1) is 13.0. The van der Waals surface area contributed by atoms with E-state index in [0.717, 1.165) is 17.0 Å². The zero-order chi connectivity index (χ0) is 13.5. The van der Waals surface area contributed by atoms with Crippen molar-refractivity contribution < 1.29 is 4.74 Å². The molecule has 19 heavy (non-hydrogen) atoms. The van der Waals surface area contributed by atoms with Gasteiger partial charge >= 0.3 is 0 Å². The maximum absolute atomic E-state index is 5.53. The molecule has 0 bridgehead atoms. The molecular formula is C17H17NO. The molecule has 0 atom stereocenters. The Hall–Kier alpha value is -2.40. The lowest BCUT2D eigenvalue weighted by Crippen LogP contribution is -2.04. The molecule has 96 valence electrons. The van der Waals surface area contributed by atoms with Crippen LogP contribution >= 0.6 is 0 Å². The molecular weight excluding hydrogens is 234 g/mol. The van der Waals surface area contributed by atoms with Crippen LogP contribution in [0.1, 0.15) is 11.1 Å².